The number of hydrogen-bond acceptors (Lipinski definition) is 3. The number of pyridine rings is 1. The maximum Gasteiger partial charge on any atom is 0.263 e. The van der Waals surface area contributed by atoms with Crippen LogP contribution < -0.4 is 4.72 Å². The van der Waals surface area contributed by atoms with Gasteiger partial charge in [0.1, 0.15) is 5.82 Å². The number of anilines is 1. The van der Waals surface area contributed by atoms with Crippen LogP contribution in [-0.4, -0.2) is 13.4 Å². The highest BCUT2D eigenvalue weighted by Crippen LogP contribution is 2.33. The van der Waals surface area contributed by atoms with E-state index in [1.54, 1.807) is 55.5 Å². The molecule has 0 fully saturated rings. The van der Waals surface area contributed by atoms with Crippen molar-refractivity contribution >= 4 is 39.0 Å². The number of sulfonamides is 1. The summed E-state index contributed by atoms with van der Waals surface area (Å²) in [7, 11) is -3.73. The van der Waals surface area contributed by atoms with Crippen LogP contribution in [0.3, 0.4) is 0 Å². The normalized spacial score (nSPS) is 11.4. The molecule has 0 aliphatic heterocycles. The Bertz CT molecular complexity index is 1080. The molecule has 0 amide bonds. The van der Waals surface area contributed by atoms with E-state index in [-0.39, 0.29) is 10.7 Å². The molecule has 4 nitrogen and oxygen atoms in total. The summed E-state index contributed by atoms with van der Waals surface area (Å²) >= 11 is 12.2. The standard InChI is InChI=1S/C19H16Cl2N2O2S/c1-12-10-15(26(24,25)23-19-5-3-4-13(2)22-19)7-9-16(12)17-8-6-14(20)11-18(17)21/h3-11H,1-2H3,(H,22,23). The van der Waals surface area contributed by atoms with Crippen molar-refractivity contribution in [3.63, 3.8) is 0 Å². The Hall–Kier alpha value is -2.08. The Morgan fingerprint density at radius 3 is 2.31 bits per heavy atom. The smallest absolute Gasteiger partial charge is 0.263 e. The number of benzene rings is 2. The van der Waals surface area contributed by atoms with Crippen molar-refractivity contribution in [3.8, 4) is 11.1 Å². The second kappa shape index (κ2) is 7.27. The van der Waals surface area contributed by atoms with Crippen molar-refractivity contribution in [2.45, 2.75) is 18.7 Å². The summed E-state index contributed by atoms with van der Waals surface area (Å²) in [5.74, 6) is 0.285. The van der Waals surface area contributed by atoms with E-state index < -0.39 is 10.0 Å². The molecular weight excluding hydrogens is 391 g/mol. The predicted octanol–water partition coefficient (Wildman–Crippen LogP) is 5.47. The van der Waals surface area contributed by atoms with E-state index in [9.17, 15) is 8.42 Å². The third kappa shape index (κ3) is 4.01. The average molecular weight is 407 g/mol. The maximum atomic E-state index is 12.6. The minimum Gasteiger partial charge on any atom is -0.263 e. The van der Waals surface area contributed by atoms with Crippen LogP contribution in [0, 0.1) is 13.8 Å². The molecule has 0 spiro atoms. The minimum atomic E-state index is -3.73. The number of hydrogen-bond donors (Lipinski definition) is 1. The molecule has 1 aromatic heterocycles. The Balaban J connectivity index is 1.96. The van der Waals surface area contributed by atoms with Crippen molar-refractivity contribution < 1.29 is 8.42 Å². The van der Waals surface area contributed by atoms with Crippen LogP contribution in [0.2, 0.25) is 10.0 Å². The molecule has 0 radical (unpaired) electrons. The van der Waals surface area contributed by atoms with Crippen LogP contribution in [0.4, 0.5) is 5.82 Å². The Morgan fingerprint density at radius 1 is 0.923 bits per heavy atom. The van der Waals surface area contributed by atoms with Gasteiger partial charge in [-0.2, -0.15) is 0 Å². The summed E-state index contributed by atoms with van der Waals surface area (Å²) in [6.07, 6.45) is 0. The highest BCUT2D eigenvalue weighted by Gasteiger charge is 2.17. The van der Waals surface area contributed by atoms with Gasteiger partial charge in [-0.15, -0.1) is 0 Å². The highest BCUT2D eigenvalue weighted by molar-refractivity contribution is 7.92. The molecule has 7 heteroatoms. The third-order valence-electron chi connectivity index (χ3n) is 3.86. The van der Waals surface area contributed by atoms with Crippen molar-refractivity contribution in [1.82, 2.24) is 4.98 Å². The molecule has 1 heterocycles. The molecule has 1 N–H and O–H groups in total. The van der Waals surface area contributed by atoms with Crippen molar-refractivity contribution in [2.75, 3.05) is 4.72 Å². The van der Waals surface area contributed by atoms with Crippen LogP contribution in [0.15, 0.2) is 59.5 Å². The second-order valence-corrected chi connectivity index (χ2v) is 8.40. The molecule has 0 aliphatic carbocycles. The van der Waals surface area contributed by atoms with Crippen molar-refractivity contribution in [1.29, 1.82) is 0 Å². The van der Waals surface area contributed by atoms with Gasteiger partial charge in [0.15, 0.2) is 0 Å². The molecular formula is C19H16Cl2N2O2S. The number of aryl methyl sites for hydroxylation is 2. The topological polar surface area (TPSA) is 59.1 Å². The fourth-order valence-corrected chi connectivity index (χ4v) is 4.21. The lowest BCUT2D eigenvalue weighted by atomic mass is 10.0. The molecule has 134 valence electrons. The Kier molecular flexibility index (Phi) is 5.23. The zero-order chi connectivity index (χ0) is 18.9. The molecule has 0 saturated carbocycles. The molecule has 0 saturated heterocycles. The van der Waals surface area contributed by atoms with Gasteiger partial charge in [-0.3, -0.25) is 4.72 Å². The van der Waals surface area contributed by atoms with E-state index in [0.29, 0.717) is 10.0 Å². The summed E-state index contributed by atoms with van der Waals surface area (Å²) in [6, 6.07) is 15.3. The van der Waals surface area contributed by atoms with Crippen molar-refractivity contribution in [3.05, 3.63) is 75.9 Å². The van der Waals surface area contributed by atoms with Gasteiger partial charge in [0.05, 0.1) is 4.90 Å². The molecule has 0 unspecified atom stereocenters. The lowest BCUT2D eigenvalue weighted by Gasteiger charge is -2.12. The van der Waals surface area contributed by atoms with E-state index in [0.717, 1.165) is 22.4 Å². The fourth-order valence-electron chi connectivity index (χ4n) is 2.61. The molecule has 0 bridgehead atoms. The van der Waals surface area contributed by atoms with Crippen LogP contribution in [0.25, 0.3) is 11.1 Å². The quantitative estimate of drug-likeness (QED) is 0.624. The Labute approximate surface area is 162 Å². The predicted molar refractivity (Wildman–Crippen MR) is 106 cm³/mol. The first-order valence-corrected chi connectivity index (χ1v) is 10.0. The summed E-state index contributed by atoms with van der Waals surface area (Å²) in [4.78, 5) is 4.33. The van der Waals surface area contributed by atoms with Gasteiger partial charge in [0.2, 0.25) is 0 Å². The lowest BCUT2D eigenvalue weighted by Crippen LogP contribution is -2.14. The van der Waals surface area contributed by atoms with Crippen LogP contribution >= 0.6 is 23.2 Å². The van der Waals surface area contributed by atoms with E-state index in [1.165, 1.54) is 0 Å². The SMILES string of the molecule is Cc1cccc(NS(=O)(=O)c2ccc(-c3ccc(Cl)cc3Cl)c(C)c2)n1. The molecule has 0 aliphatic rings. The van der Waals surface area contributed by atoms with E-state index in [4.69, 9.17) is 23.2 Å². The summed E-state index contributed by atoms with van der Waals surface area (Å²) in [5, 5.41) is 1.06. The number of nitrogens with zero attached hydrogens (tertiary/aromatic N) is 1. The summed E-state index contributed by atoms with van der Waals surface area (Å²) < 4.78 is 27.8. The van der Waals surface area contributed by atoms with Crippen LogP contribution in [0.1, 0.15) is 11.3 Å². The molecule has 3 rings (SSSR count). The zero-order valence-electron chi connectivity index (χ0n) is 14.1. The number of rotatable bonds is 4. The molecule has 2 aromatic carbocycles. The van der Waals surface area contributed by atoms with Crippen LogP contribution in [-0.2, 0) is 10.0 Å². The highest BCUT2D eigenvalue weighted by atomic mass is 35.5. The monoisotopic (exact) mass is 406 g/mol. The first-order chi connectivity index (χ1) is 12.3. The number of aromatic nitrogens is 1. The van der Waals surface area contributed by atoms with Crippen LogP contribution in [0.5, 0.6) is 0 Å². The third-order valence-corrected chi connectivity index (χ3v) is 5.76. The van der Waals surface area contributed by atoms with Gasteiger partial charge in [-0.05, 0) is 61.4 Å². The largest absolute Gasteiger partial charge is 0.263 e. The van der Waals surface area contributed by atoms with Gasteiger partial charge in [-0.25, -0.2) is 13.4 Å². The summed E-state index contributed by atoms with van der Waals surface area (Å²) in [5.41, 5.74) is 3.16. The average Bonchev–Trinajstić information content (AvgIpc) is 2.55. The van der Waals surface area contributed by atoms with E-state index >= 15 is 0 Å². The maximum absolute atomic E-state index is 12.6. The van der Waals surface area contributed by atoms with E-state index in [2.05, 4.69) is 9.71 Å². The van der Waals surface area contributed by atoms with Gasteiger partial charge in [0, 0.05) is 21.3 Å². The van der Waals surface area contributed by atoms with Gasteiger partial charge in [0.25, 0.3) is 10.0 Å². The van der Waals surface area contributed by atoms with Gasteiger partial charge >= 0.3 is 0 Å². The van der Waals surface area contributed by atoms with Gasteiger partial charge < -0.3 is 0 Å². The molecule has 26 heavy (non-hydrogen) atoms. The second-order valence-electron chi connectivity index (χ2n) is 5.87. The number of halogens is 2. The first kappa shape index (κ1) is 18.7. The van der Waals surface area contributed by atoms with Gasteiger partial charge in [-0.1, -0.05) is 41.4 Å². The lowest BCUT2D eigenvalue weighted by molar-refractivity contribution is 0.601. The molecule has 3 aromatic rings. The fraction of sp³-hybridized carbons (Fsp3) is 0.105. The Morgan fingerprint density at radius 2 is 1.65 bits per heavy atom. The van der Waals surface area contributed by atoms with E-state index in [1.807, 2.05) is 13.0 Å². The number of nitrogens with one attached hydrogen (secondary N) is 1. The first-order valence-electron chi connectivity index (χ1n) is 7.79. The summed E-state index contributed by atoms with van der Waals surface area (Å²) in [6.45, 7) is 3.64. The van der Waals surface area contributed by atoms with Crippen molar-refractivity contribution in [2.24, 2.45) is 0 Å². The molecule has 0 atom stereocenters. The minimum absolute atomic E-state index is 0.159. The zero-order valence-corrected chi connectivity index (χ0v) is 16.5.